The molecular weight excluding hydrogens is 338 g/mol. The van der Waals surface area contributed by atoms with Crippen molar-refractivity contribution in [3.8, 4) is 0 Å². The fourth-order valence-electron chi connectivity index (χ4n) is 3.71. The van der Waals surface area contributed by atoms with Crippen molar-refractivity contribution in [3.63, 3.8) is 0 Å². The van der Waals surface area contributed by atoms with E-state index in [1.807, 2.05) is 76.3 Å². The van der Waals surface area contributed by atoms with Crippen molar-refractivity contribution in [2.45, 2.75) is 25.4 Å². The summed E-state index contributed by atoms with van der Waals surface area (Å²) >= 11 is 0. The van der Waals surface area contributed by atoms with Crippen molar-refractivity contribution in [2.24, 2.45) is 0 Å². The van der Waals surface area contributed by atoms with E-state index >= 15 is 0 Å². The van der Waals surface area contributed by atoms with Gasteiger partial charge in [-0.25, -0.2) is 0 Å². The fraction of sp³-hybridized carbons (Fsp3) is 0.273. The Morgan fingerprint density at radius 2 is 1.81 bits per heavy atom. The summed E-state index contributed by atoms with van der Waals surface area (Å²) in [5.41, 5.74) is 2.06. The molecule has 0 spiro atoms. The molecule has 1 aliphatic heterocycles. The summed E-state index contributed by atoms with van der Waals surface area (Å²) < 4.78 is 1.95. The molecule has 5 nitrogen and oxygen atoms in total. The number of nitrogens with zero attached hydrogens (tertiary/aromatic N) is 2. The van der Waals surface area contributed by atoms with E-state index in [0.29, 0.717) is 13.0 Å². The van der Waals surface area contributed by atoms with Crippen molar-refractivity contribution in [1.29, 1.82) is 0 Å². The quantitative estimate of drug-likeness (QED) is 0.733. The Balaban J connectivity index is 1.50. The maximum absolute atomic E-state index is 12.8. The number of para-hydroxylation sites is 1. The molecule has 27 heavy (non-hydrogen) atoms. The number of hydrogen-bond acceptors (Lipinski definition) is 2. The number of rotatable bonds is 6. The smallest absolute Gasteiger partial charge is 0.240 e. The highest BCUT2D eigenvalue weighted by Crippen LogP contribution is 2.19. The molecule has 1 N–H and O–H groups in total. The number of hydrogen-bond donors (Lipinski definition) is 1. The Kier molecular flexibility index (Phi) is 4.92. The number of benzene rings is 2. The van der Waals surface area contributed by atoms with Crippen molar-refractivity contribution >= 4 is 22.7 Å². The van der Waals surface area contributed by atoms with Gasteiger partial charge in [-0.3, -0.25) is 9.59 Å². The largest absolute Gasteiger partial charge is 0.346 e. The van der Waals surface area contributed by atoms with Crippen LogP contribution in [-0.4, -0.2) is 34.4 Å². The first-order valence-electron chi connectivity index (χ1n) is 9.37. The van der Waals surface area contributed by atoms with Crippen molar-refractivity contribution in [2.75, 3.05) is 13.1 Å². The van der Waals surface area contributed by atoms with Crippen molar-refractivity contribution in [3.05, 3.63) is 72.4 Å². The van der Waals surface area contributed by atoms with E-state index in [9.17, 15) is 9.59 Å². The van der Waals surface area contributed by atoms with E-state index < -0.39 is 0 Å². The number of likely N-dealkylation sites (tertiary alicyclic amines) is 1. The summed E-state index contributed by atoms with van der Waals surface area (Å²) in [5.74, 6) is 0.110. The monoisotopic (exact) mass is 361 g/mol. The zero-order chi connectivity index (χ0) is 18.6. The lowest BCUT2D eigenvalue weighted by atomic mass is 10.1. The second-order valence-corrected chi connectivity index (χ2v) is 6.98. The normalized spacial score (nSPS) is 15.3. The molecule has 3 aromatic rings. The lowest BCUT2D eigenvalue weighted by molar-refractivity contribution is -0.129. The number of carbonyl (C=O) groups excluding carboxylic acids is 2. The first kappa shape index (κ1) is 17.3. The molecule has 0 radical (unpaired) electrons. The second kappa shape index (κ2) is 7.66. The predicted octanol–water partition coefficient (Wildman–Crippen LogP) is 3.12. The maximum atomic E-state index is 12.8. The SMILES string of the molecule is O=C(Cn1ccc2ccccc21)NC(CN1CCCC1=O)c1ccccc1. The number of nitrogens with one attached hydrogen (secondary N) is 1. The number of aromatic nitrogens is 1. The Morgan fingerprint density at radius 3 is 2.59 bits per heavy atom. The molecule has 1 saturated heterocycles. The molecule has 1 aliphatic rings. The van der Waals surface area contributed by atoms with Gasteiger partial charge in [-0.2, -0.15) is 0 Å². The Bertz CT molecular complexity index is 948. The lowest BCUT2D eigenvalue weighted by Crippen LogP contribution is -2.39. The number of amides is 2. The van der Waals surface area contributed by atoms with Crippen LogP contribution in [0, 0.1) is 0 Å². The summed E-state index contributed by atoms with van der Waals surface area (Å²) in [6.45, 7) is 1.53. The van der Waals surface area contributed by atoms with Gasteiger partial charge in [-0.05, 0) is 29.5 Å². The van der Waals surface area contributed by atoms with Crippen LogP contribution in [-0.2, 0) is 16.1 Å². The van der Waals surface area contributed by atoms with Gasteiger partial charge in [-0.1, -0.05) is 48.5 Å². The molecule has 0 saturated carbocycles. The highest BCUT2D eigenvalue weighted by Gasteiger charge is 2.25. The molecule has 1 aromatic heterocycles. The molecule has 2 aromatic carbocycles. The summed E-state index contributed by atoms with van der Waals surface area (Å²) in [6, 6.07) is 19.7. The third kappa shape index (κ3) is 3.87. The van der Waals surface area contributed by atoms with Gasteiger partial charge < -0.3 is 14.8 Å². The average Bonchev–Trinajstić information content (AvgIpc) is 3.28. The van der Waals surface area contributed by atoms with Gasteiger partial charge >= 0.3 is 0 Å². The van der Waals surface area contributed by atoms with Crippen LogP contribution in [0.1, 0.15) is 24.4 Å². The highest BCUT2D eigenvalue weighted by molar-refractivity contribution is 5.83. The van der Waals surface area contributed by atoms with Gasteiger partial charge in [0.25, 0.3) is 0 Å². The minimum Gasteiger partial charge on any atom is -0.346 e. The van der Waals surface area contributed by atoms with Crippen LogP contribution >= 0.6 is 0 Å². The van der Waals surface area contributed by atoms with E-state index in [4.69, 9.17) is 0 Å². The standard InChI is InChI=1S/C22H23N3O2/c26-21(16-24-14-12-18-9-4-5-10-20(18)24)23-19(17-7-2-1-3-8-17)15-25-13-6-11-22(25)27/h1-5,7-10,12,14,19H,6,11,13,15-16H2,(H,23,26). The van der Waals surface area contributed by atoms with Gasteiger partial charge in [0.2, 0.25) is 11.8 Å². The van der Waals surface area contributed by atoms with Crippen molar-refractivity contribution in [1.82, 2.24) is 14.8 Å². The first-order valence-corrected chi connectivity index (χ1v) is 9.37. The Hall–Kier alpha value is -3.08. The molecule has 2 heterocycles. The van der Waals surface area contributed by atoms with Gasteiger partial charge in [0.05, 0.1) is 6.04 Å². The molecule has 1 atom stereocenters. The van der Waals surface area contributed by atoms with Crippen LogP contribution in [0.2, 0.25) is 0 Å². The summed E-state index contributed by atoms with van der Waals surface area (Å²) in [4.78, 5) is 26.6. The summed E-state index contributed by atoms with van der Waals surface area (Å²) in [5, 5.41) is 4.25. The topological polar surface area (TPSA) is 54.3 Å². The molecule has 1 fully saturated rings. The molecule has 2 amide bonds. The molecule has 0 aliphatic carbocycles. The third-order valence-electron chi connectivity index (χ3n) is 5.11. The van der Waals surface area contributed by atoms with Crippen LogP contribution in [0.25, 0.3) is 10.9 Å². The van der Waals surface area contributed by atoms with Gasteiger partial charge in [-0.15, -0.1) is 0 Å². The summed E-state index contributed by atoms with van der Waals surface area (Å²) in [6.07, 6.45) is 3.43. The second-order valence-electron chi connectivity index (χ2n) is 6.98. The zero-order valence-corrected chi connectivity index (χ0v) is 15.2. The van der Waals surface area contributed by atoms with Crippen LogP contribution < -0.4 is 5.32 Å². The summed E-state index contributed by atoms with van der Waals surface area (Å²) in [7, 11) is 0. The van der Waals surface area contributed by atoms with Gasteiger partial charge in [0.15, 0.2) is 0 Å². The van der Waals surface area contributed by atoms with E-state index in [-0.39, 0.29) is 24.4 Å². The molecule has 0 bridgehead atoms. The van der Waals surface area contributed by atoms with Crippen LogP contribution in [0.3, 0.4) is 0 Å². The number of fused-ring (bicyclic) bond motifs is 1. The molecule has 138 valence electrons. The highest BCUT2D eigenvalue weighted by atomic mass is 16.2. The Morgan fingerprint density at radius 1 is 1.04 bits per heavy atom. The molecule has 4 rings (SSSR count). The van der Waals surface area contributed by atoms with Gasteiger partial charge in [0, 0.05) is 31.2 Å². The maximum Gasteiger partial charge on any atom is 0.240 e. The van der Waals surface area contributed by atoms with Crippen molar-refractivity contribution < 1.29 is 9.59 Å². The van der Waals surface area contributed by atoms with Crippen LogP contribution in [0.4, 0.5) is 0 Å². The van der Waals surface area contributed by atoms with E-state index in [1.165, 1.54) is 0 Å². The average molecular weight is 361 g/mol. The Labute approximate surface area is 158 Å². The molecule has 1 unspecified atom stereocenters. The predicted molar refractivity (Wildman–Crippen MR) is 105 cm³/mol. The zero-order valence-electron chi connectivity index (χ0n) is 15.2. The molecule has 5 heteroatoms. The molecular formula is C22H23N3O2. The fourth-order valence-corrected chi connectivity index (χ4v) is 3.71. The van der Waals surface area contributed by atoms with E-state index in [1.54, 1.807) is 0 Å². The first-order chi connectivity index (χ1) is 13.2. The van der Waals surface area contributed by atoms with E-state index in [2.05, 4.69) is 5.32 Å². The lowest BCUT2D eigenvalue weighted by Gasteiger charge is -2.25. The van der Waals surface area contributed by atoms with Gasteiger partial charge in [0.1, 0.15) is 6.54 Å². The minimum absolute atomic E-state index is 0.0585. The third-order valence-corrected chi connectivity index (χ3v) is 5.11. The minimum atomic E-state index is -0.206. The van der Waals surface area contributed by atoms with Crippen LogP contribution in [0.15, 0.2) is 66.9 Å². The van der Waals surface area contributed by atoms with Crippen LogP contribution in [0.5, 0.6) is 0 Å². The number of carbonyl (C=O) groups is 2. The van der Waals surface area contributed by atoms with E-state index in [0.717, 1.165) is 29.4 Å².